The highest BCUT2D eigenvalue weighted by Crippen LogP contribution is 2.42. The van der Waals surface area contributed by atoms with E-state index in [1.54, 1.807) is 6.92 Å². The smallest absolute Gasteiger partial charge is 0.410 e. The third-order valence-electron chi connectivity index (χ3n) is 6.28. The maximum atomic E-state index is 13.9. The molecule has 0 aromatic carbocycles. The Morgan fingerprint density at radius 1 is 1.42 bits per heavy atom. The van der Waals surface area contributed by atoms with Gasteiger partial charge in [0.15, 0.2) is 6.04 Å². The summed E-state index contributed by atoms with van der Waals surface area (Å²) < 4.78 is 53.0. The van der Waals surface area contributed by atoms with Crippen LogP contribution in [0.25, 0.3) is 0 Å². The van der Waals surface area contributed by atoms with Crippen molar-refractivity contribution in [1.29, 1.82) is 0 Å². The first-order valence-electron chi connectivity index (χ1n) is 10.9. The van der Waals surface area contributed by atoms with Crippen LogP contribution in [-0.2, 0) is 9.47 Å². The number of nitrogens with zero attached hydrogens (tertiary/aromatic N) is 3. The van der Waals surface area contributed by atoms with Crippen LogP contribution in [0.1, 0.15) is 49.0 Å². The van der Waals surface area contributed by atoms with Crippen LogP contribution in [0.2, 0.25) is 0 Å². The molecular weight excluding hydrogens is 413 g/mol. The van der Waals surface area contributed by atoms with Gasteiger partial charge in [0.25, 0.3) is 0 Å². The average molecular weight is 442 g/mol. The first kappa shape index (κ1) is 22.1. The van der Waals surface area contributed by atoms with E-state index in [1.807, 2.05) is 0 Å². The fourth-order valence-electron chi connectivity index (χ4n) is 4.83. The number of esters is 1. The lowest BCUT2D eigenvalue weighted by Gasteiger charge is -2.42. The summed E-state index contributed by atoms with van der Waals surface area (Å²) >= 11 is 0. The highest BCUT2D eigenvalue weighted by atomic mass is 19.4. The van der Waals surface area contributed by atoms with Crippen LogP contribution in [-0.4, -0.2) is 72.3 Å². The summed E-state index contributed by atoms with van der Waals surface area (Å²) in [6.07, 6.45) is 1.50. The molecule has 0 amide bonds. The molecule has 1 saturated heterocycles. The fraction of sp³-hybridized carbons (Fsp3) is 0.714. The van der Waals surface area contributed by atoms with Gasteiger partial charge < -0.3 is 14.8 Å². The Morgan fingerprint density at radius 3 is 2.97 bits per heavy atom. The quantitative estimate of drug-likeness (QED) is 0.557. The number of rotatable bonds is 5. The van der Waals surface area contributed by atoms with Gasteiger partial charge in [-0.1, -0.05) is 6.08 Å². The first-order valence-corrected chi connectivity index (χ1v) is 10.9. The van der Waals surface area contributed by atoms with Crippen molar-refractivity contribution in [2.45, 2.75) is 50.9 Å². The Balaban J connectivity index is 1.53. The number of carbonyl (C=O) groups excluding carboxylic acids is 1. The number of likely N-dealkylation sites (tertiary alicyclic amines) is 1. The minimum atomic E-state index is -4.45. The van der Waals surface area contributed by atoms with E-state index in [2.05, 4.69) is 21.4 Å². The summed E-state index contributed by atoms with van der Waals surface area (Å²) in [5, 5.41) is 7.10. The molecule has 0 radical (unpaired) electrons. The number of ether oxygens (including phenoxy) is 2. The van der Waals surface area contributed by atoms with Crippen molar-refractivity contribution in [2.24, 2.45) is 5.92 Å². The number of anilines is 1. The number of hydrogen-bond acceptors (Lipinski definition) is 6. The number of fused-ring (bicyclic) bond motifs is 1. The van der Waals surface area contributed by atoms with Gasteiger partial charge in [-0.3, -0.25) is 4.90 Å². The maximum Gasteiger partial charge on any atom is 0.410 e. The van der Waals surface area contributed by atoms with Gasteiger partial charge in [0, 0.05) is 19.1 Å². The van der Waals surface area contributed by atoms with Crippen LogP contribution in [0.4, 0.5) is 19.0 Å². The van der Waals surface area contributed by atoms with Gasteiger partial charge in [0.2, 0.25) is 0 Å². The zero-order valence-electron chi connectivity index (χ0n) is 17.7. The molecule has 1 N–H and O–H groups in total. The van der Waals surface area contributed by atoms with Gasteiger partial charge >= 0.3 is 12.1 Å². The Kier molecular flexibility index (Phi) is 6.57. The van der Waals surface area contributed by atoms with Crippen LogP contribution in [0.5, 0.6) is 0 Å². The van der Waals surface area contributed by atoms with Crippen LogP contribution in [0.3, 0.4) is 0 Å². The highest BCUT2D eigenvalue weighted by molar-refractivity contribution is 5.94. The van der Waals surface area contributed by atoms with Crippen molar-refractivity contribution >= 4 is 11.8 Å². The first-order chi connectivity index (χ1) is 14.9. The third-order valence-corrected chi connectivity index (χ3v) is 6.28. The molecule has 172 valence electrons. The standard InChI is InChI=1S/C21H29F3N4O3/c1-2-31-20(29)16-10-25-28-18(21(22,23)24)9-17(26-19(16)28)15-6-3-7-27(12-15)11-14-5-4-8-30-13-14/h5,10,15,17-18,26H,2-4,6-9,11-13H2,1H3/t15?,17-,18+/m1/s1. The van der Waals surface area contributed by atoms with E-state index in [1.165, 1.54) is 11.8 Å². The van der Waals surface area contributed by atoms with E-state index in [0.717, 1.165) is 43.6 Å². The summed E-state index contributed by atoms with van der Waals surface area (Å²) in [6, 6.07) is -2.16. The van der Waals surface area contributed by atoms with E-state index >= 15 is 0 Å². The molecule has 0 aliphatic carbocycles. The zero-order valence-corrected chi connectivity index (χ0v) is 17.7. The summed E-state index contributed by atoms with van der Waals surface area (Å²) in [5.41, 5.74) is 1.29. The summed E-state index contributed by atoms with van der Waals surface area (Å²) in [5.74, 6) is -0.507. The molecule has 3 aliphatic rings. The van der Waals surface area contributed by atoms with Crippen LogP contribution in [0.15, 0.2) is 17.8 Å². The van der Waals surface area contributed by atoms with Gasteiger partial charge in [-0.05, 0) is 50.6 Å². The topological polar surface area (TPSA) is 68.6 Å². The second-order valence-corrected chi connectivity index (χ2v) is 8.46. The molecule has 31 heavy (non-hydrogen) atoms. The Hall–Kier alpha value is -2.07. The number of nitrogens with one attached hydrogen (secondary N) is 1. The molecule has 4 heterocycles. The van der Waals surface area contributed by atoms with Gasteiger partial charge in [0.1, 0.15) is 11.4 Å². The van der Waals surface area contributed by atoms with Crippen molar-refractivity contribution in [1.82, 2.24) is 14.7 Å². The molecule has 3 aliphatic heterocycles. The lowest BCUT2D eigenvalue weighted by molar-refractivity contribution is -0.174. The highest BCUT2D eigenvalue weighted by Gasteiger charge is 2.48. The summed E-state index contributed by atoms with van der Waals surface area (Å²) in [6.45, 7) is 5.60. The number of carbonyl (C=O) groups is 1. The monoisotopic (exact) mass is 442 g/mol. The fourth-order valence-corrected chi connectivity index (χ4v) is 4.83. The predicted molar refractivity (Wildman–Crippen MR) is 108 cm³/mol. The molecule has 0 spiro atoms. The molecule has 3 atom stereocenters. The summed E-state index contributed by atoms with van der Waals surface area (Å²) in [4.78, 5) is 14.6. The third kappa shape index (κ3) is 4.90. The molecule has 0 bridgehead atoms. The van der Waals surface area contributed by atoms with Crippen LogP contribution in [0, 0.1) is 5.92 Å². The van der Waals surface area contributed by atoms with E-state index in [-0.39, 0.29) is 30.3 Å². The van der Waals surface area contributed by atoms with Crippen LogP contribution >= 0.6 is 0 Å². The average Bonchev–Trinajstić information content (AvgIpc) is 3.17. The van der Waals surface area contributed by atoms with Crippen molar-refractivity contribution in [3.8, 4) is 0 Å². The SMILES string of the molecule is CCOC(=O)c1cnn2c1N[C@@H](C1CCCN(CC3=CCCOC3)C1)C[C@H]2C(F)(F)F. The Morgan fingerprint density at radius 2 is 2.26 bits per heavy atom. The van der Waals surface area contributed by atoms with Gasteiger partial charge in [-0.2, -0.15) is 18.3 Å². The van der Waals surface area contributed by atoms with Crippen molar-refractivity contribution < 1.29 is 27.4 Å². The molecule has 10 heteroatoms. The zero-order chi connectivity index (χ0) is 22.0. The molecule has 4 rings (SSSR count). The normalized spacial score (nSPS) is 27.2. The van der Waals surface area contributed by atoms with E-state index < -0.39 is 24.2 Å². The maximum absolute atomic E-state index is 13.9. The number of piperidine rings is 1. The molecule has 1 unspecified atom stereocenters. The van der Waals surface area contributed by atoms with Gasteiger partial charge in [-0.15, -0.1) is 0 Å². The molecule has 1 fully saturated rings. The Bertz CT molecular complexity index is 823. The summed E-state index contributed by atoms with van der Waals surface area (Å²) in [7, 11) is 0. The Labute approximate surface area is 179 Å². The second-order valence-electron chi connectivity index (χ2n) is 8.46. The van der Waals surface area contributed by atoms with Crippen molar-refractivity contribution in [2.75, 3.05) is 44.8 Å². The van der Waals surface area contributed by atoms with Gasteiger partial charge in [-0.25, -0.2) is 9.48 Å². The largest absolute Gasteiger partial charge is 0.462 e. The van der Waals surface area contributed by atoms with Gasteiger partial charge in [0.05, 0.1) is 26.0 Å². The minimum Gasteiger partial charge on any atom is -0.462 e. The molecule has 7 nitrogen and oxygen atoms in total. The van der Waals surface area contributed by atoms with Crippen molar-refractivity contribution in [3.05, 3.63) is 23.4 Å². The lowest BCUT2D eigenvalue weighted by atomic mass is 9.85. The van der Waals surface area contributed by atoms with E-state index in [9.17, 15) is 18.0 Å². The number of hydrogen-bond donors (Lipinski definition) is 1. The second kappa shape index (κ2) is 9.20. The molecular formula is C21H29F3N4O3. The molecule has 0 saturated carbocycles. The van der Waals surface area contributed by atoms with Crippen LogP contribution < -0.4 is 5.32 Å². The number of halogens is 3. The molecule has 1 aromatic rings. The number of aromatic nitrogens is 2. The van der Waals surface area contributed by atoms with E-state index in [4.69, 9.17) is 9.47 Å². The predicted octanol–water partition coefficient (Wildman–Crippen LogP) is 3.41. The minimum absolute atomic E-state index is 0.0439. The van der Waals surface area contributed by atoms with Crippen molar-refractivity contribution in [3.63, 3.8) is 0 Å². The lowest BCUT2D eigenvalue weighted by Crippen LogP contribution is -2.48. The van der Waals surface area contributed by atoms with E-state index in [0.29, 0.717) is 13.2 Å². The number of alkyl halides is 3. The molecule has 1 aromatic heterocycles.